The molecule has 4 rings (SSSR count). The number of anilines is 2. The fourth-order valence-electron chi connectivity index (χ4n) is 3.63. The van der Waals surface area contributed by atoms with Gasteiger partial charge in [-0.05, 0) is 44.3 Å². The number of rotatable bonds is 4. The van der Waals surface area contributed by atoms with Gasteiger partial charge in [0.1, 0.15) is 5.75 Å². The average molecular weight is 356 g/mol. The van der Waals surface area contributed by atoms with Gasteiger partial charge in [0, 0.05) is 42.5 Å². The third-order valence-electron chi connectivity index (χ3n) is 5.08. The van der Waals surface area contributed by atoms with Crippen molar-refractivity contribution in [3.8, 4) is 5.75 Å². The summed E-state index contributed by atoms with van der Waals surface area (Å²) in [6.07, 6.45) is 1.09. The molecule has 4 nitrogen and oxygen atoms in total. The predicted octanol–water partition coefficient (Wildman–Crippen LogP) is 3.63. The van der Waals surface area contributed by atoms with E-state index in [0.29, 0.717) is 5.75 Å². The minimum absolute atomic E-state index is 0.374. The highest BCUT2D eigenvalue weighted by Gasteiger charge is 2.25. The highest BCUT2D eigenvalue weighted by molar-refractivity contribution is 7.99. The Labute approximate surface area is 154 Å². The summed E-state index contributed by atoms with van der Waals surface area (Å²) in [5.74, 6) is 0.374. The molecule has 0 aliphatic carbocycles. The lowest BCUT2D eigenvalue weighted by Crippen LogP contribution is -2.45. The molecule has 1 N–H and O–H groups in total. The Bertz CT molecular complexity index is 743. The summed E-state index contributed by atoms with van der Waals surface area (Å²) >= 11 is 1.74. The number of nitrogens with zero attached hydrogens (tertiary/aromatic N) is 3. The van der Waals surface area contributed by atoms with Crippen LogP contribution in [0.1, 0.15) is 6.42 Å². The van der Waals surface area contributed by atoms with E-state index in [1.165, 1.54) is 10.6 Å². The number of aromatic hydroxyl groups is 1. The van der Waals surface area contributed by atoms with Crippen molar-refractivity contribution in [1.29, 1.82) is 0 Å². The van der Waals surface area contributed by atoms with Crippen LogP contribution in [0.4, 0.5) is 11.4 Å². The van der Waals surface area contributed by atoms with Crippen molar-refractivity contribution < 1.29 is 5.11 Å². The summed E-state index contributed by atoms with van der Waals surface area (Å²) in [7, 11) is 2.19. The van der Waals surface area contributed by atoms with E-state index in [1.54, 1.807) is 17.8 Å². The Balaban J connectivity index is 1.51. The van der Waals surface area contributed by atoms with Crippen molar-refractivity contribution in [2.45, 2.75) is 16.2 Å². The Kier molecular flexibility index (Phi) is 4.88. The number of para-hydroxylation sites is 2. The number of hydrogen-bond donors (Lipinski definition) is 1. The van der Waals surface area contributed by atoms with Crippen LogP contribution in [0.2, 0.25) is 0 Å². The first-order valence-electron chi connectivity index (χ1n) is 9.00. The monoisotopic (exact) mass is 355 g/mol. The SMILES string of the molecule is CN1CCN(CCCN2c3ccccc3Sc3cccc(O)c32)CC1. The van der Waals surface area contributed by atoms with Crippen LogP contribution in [-0.2, 0) is 0 Å². The largest absolute Gasteiger partial charge is 0.506 e. The second kappa shape index (κ2) is 7.28. The molecular formula is C20H25N3OS. The molecule has 2 aromatic rings. The summed E-state index contributed by atoms with van der Waals surface area (Å²) in [5, 5.41) is 10.5. The van der Waals surface area contributed by atoms with Crippen molar-refractivity contribution in [3.63, 3.8) is 0 Å². The topological polar surface area (TPSA) is 30.0 Å². The lowest BCUT2D eigenvalue weighted by Gasteiger charge is -2.35. The van der Waals surface area contributed by atoms with Gasteiger partial charge < -0.3 is 19.8 Å². The lowest BCUT2D eigenvalue weighted by molar-refractivity contribution is 0.153. The van der Waals surface area contributed by atoms with Gasteiger partial charge in [-0.2, -0.15) is 0 Å². The highest BCUT2D eigenvalue weighted by Crippen LogP contribution is 2.51. The van der Waals surface area contributed by atoms with Crippen LogP contribution in [-0.4, -0.2) is 61.2 Å². The summed E-state index contributed by atoms with van der Waals surface area (Å²) in [5.41, 5.74) is 2.17. The van der Waals surface area contributed by atoms with Crippen LogP contribution in [0.5, 0.6) is 5.75 Å². The maximum atomic E-state index is 10.5. The molecule has 5 heteroatoms. The van der Waals surface area contributed by atoms with Crippen LogP contribution in [0.15, 0.2) is 52.3 Å². The van der Waals surface area contributed by atoms with Crippen molar-refractivity contribution in [2.75, 3.05) is 51.2 Å². The molecule has 1 saturated heterocycles. The molecule has 1 fully saturated rings. The van der Waals surface area contributed by atoms with Gasteiger partial charge in [-0.15, -0.1) is 0 Å². The third-order valence-corrected chi connectivity index (χ3v) is 6.19. The second-order valence-corrected chi connectivity index (χ2v) is 7.93. The van der Waals surface area contributed by atoms with Crippen molar-refractivity contribution in [2.24, 2.45) is 0 Å². The second-order valence-electron chi connectivity index (χ2n) is 6.84. The molecule has 0 atom stereocenters. The van der Waals surface area contributed by atoms with Crippen LogP contribution >= 0.6 is 11.8 Å². The van der Waals surface area contributed by atoms with Gasteiger partial charge in [-0.25, -0.2) is 0 Å². The van der Waals surface area contributed by atoms with Crippen LogP contribution in [0.25, 0.3) is 0 Å². The minimum Gasteiger partial charge on any atom is -0.506 e. The van der Waals surface area contributed by atoms with Gasteiger partial charge in [0.05, 0.1) is 11.4 Å². The van der Waals surface area contributed by atoms with E-state index in [2.05, 4.69) is 52.1 Å². The Morgan fingerprint density at radius 1 is 0.920 bits per heavy atom. The van der Waals surface area contributed by atoms with E-state index in [0.717, 1.165) is 56.3 Å². The average Bonchev–Trinajstić information content (AvgIpc) is 2.63. The van der Waals surface area contributed by atoms with E-state index in [9.17, 15) is 5.11 Å². The van der Waals surface area contributed by atoms with Crippen LogP contribution < -0.4 is 4.90 Å². The molecule has 0 unspecified atom stereocenters. The summed E-state index contributed by atoms with van der Waals surface area (Å²) in [6.45, 7) is 6.67. The first kappa shape index (κ1) is 16.8. The molecule has 2 heterocycles. The Morgan fingerprint density at radius 3 is 2.52 bits per heavy atom. The summed E-state index contributed by atoms with van der Waals surface area (Å²) in [6, 6.07) is 14.3. The molecular weight excluding hydrogens is 330 g/mol. The Morgan fingerprint density at radius 2 is 1.68 bits per heavy atom. The summed E-state index contributed by atoms with van der Waals surface area (Å²) in [4.78, 5) is 9.64. The molecule has 132 valence electrons. The molecule has 0 radical (unpaired) electrons. The van der Waals surface area contributed by atoms with Gasteiger partial charge in [-0.3, -0.25) is 0 Å². The first-order chi connectivity index (χ1) is 12.2. The predicted molar refractivity (Wildman–Crippen MR) is 104 cm³/mol. The van der Waals surface area contributed by atoms with E-state index < -0.39 is 0 Å². The Hall–Kier alpha value is -1.69. The van der Waals surface area contributed by atoms with Gasteiger partial charge in [0.25, 0.3) is 0 Å². The molecule has 2 aliphatic rings. The zero-order chi connectivity index (χ0) is 17.2. The van der Waals surface area contributed by atoms with Crippen LogP contribution in [0, 0.1) is 0 Å². The number of phenols is 1. The normalized spacial score (nSPS) is 18.0. The number of hydrogen-bond acceptors (Lipinski definition) is 5. The molecule has 2 aliphatic heterocycles. The smallest absolute Gasteiger partial charge is 0.140 e. The highest BCUT2D eigenvalue weighted by atomic mass is 32.2. The quantitative estimate of drug-likeness (QED) is 0.905. The van der Waals surface area contributed by atoms with Crippen molar-refractivity contribution >= 4 is 23.1 Å². The maximum Gasteiger partial charge on any atom is 0.140 e. The fourth-order valence-corrected chi connectivity index (χ4v) is 4.75. The van der Waals surface area contributed by atoms with Gasteiger partial charge in [0.2, 0.25) is 0 Å². The molecule has 0 saturated carbocycles. The third kappa shape index (κ3) is 3.50. The number of phenolic OH excluding ortho intramolecular Hbond substituents is 1. The zero-order valence-electron chi connectivity index (χ0n) is 14.7. The molecule has 0 aromatic heterocycles. The van der Waals surface area contributed by atoms with Crippen LogP contribution in [0.3, 0.4) is 0 Å². The maximum absolute atomic E-state index is 10.5. The van der Waals surface area contributed by atoms with Gasteiger partial charge >= 0.3 is 0 Å². The summed E-state index contributed by atoms with van der Waals surface area (Å²) < 4.78 is 0. The van der Waals surface area contributed by atoms with E-state index in [-0.39, 0.29) is 0 Å². The van der Waals surface area contributed by atoms with E-state index in [1.807, 2.05) is 6.07 Å². The fraction of sp³-hybridized carbons (Fsp3) is 0.400. The molecule has 0 amide bonds. The van der Waals surface area contributed by atoms with Crippen molar-refractivity contribution in [1.82, 2.24) is 9.80 Å². The standard InChI is InChI=1S/C20H25N3OS/c1-21-12-14-22(15-13-21)10-5-11-23-16-6-2-3-8-18(16)25-19-9-4-7-17(24)20(19)23/h2-4,6-9,24H,5,10-15H2,1H3. The van der Waals surface area contributed by atoms with Crippen molar-refractivity contribution in [3.05, 3.63) is 42.5 Å². The minimum atomic E-state index is 0.374. The number of fused-ring (bicyclic) bond motifs is 2. The first-order valence-corrected chi connectivity index (χ1v) is 9.81. The molecule has 0 bridgehead atoms. The molecule has 0 spiro atoms. The molecule has 25 heavy (non-hydrogen) atoms. The zero-order valence-corrected chi connectivity index (χ0v) is 15.5. The van der Waals surface area contributed by atoms with E-state index in [4.69, 9.17) is 0 Å². The lowest BCUT2D eigenvalue weighted by atomic mass is 10.2. The number of benzene rings is 2. The number of piperazine rings is 1. The van der Waals surface area contributed by atoms with E-state index >= 15 is 0 Å². The molecule has 2 aromatic carbocycles. The van der Waals surface area contributed by atoms with Gasteiger partial charge in [-0.1, -0.05) is 30.0 Å². The number of likely N-dealkylation sites (N-methyl/N-ethyl adjacent to an activating group) is 1. The van der Waals surface area contributed by atoms with Gasteiger partial charge in [0.15, 0.2) is 0 Å².